The van der Waals surface area contributed by atoms with Gasteiger partial charge in [-0.2, -0.15) is 0 Å². The van der Waals surface area contributed by atoms with E-state index < -0.39 is 5.97 Å². The zero-order chi connectivity index (χ0) is 21.0. The van der Waals surface area contributed by atoms with Crippen molar-refractivity contribution in [1.29, 1.82) is 0 Å². The summed E-state index contributed by atoms with van der Waals surface area (Å²) in [6.07, 6.45) is 4.19. The summed E-state index contributed by atoms with van der Waals surface area (Å²) in [6.45, 7) is 6.18. The first-order valence-electron chi connectivity index (χ1n) is 9.99. The first-order valence-corrected chi connectivity index (χ1v) is 10.7. The number of likely N-dealkylation sites (tertiary alicyclic amines) is 1. The van der Waals surface area contributed by atoms with Crippen molar-refractivity contribution in [2.75, 3.05) is 18.4 Å². The highest BCUT2D eigenvalue weighted by Crippen LogP contribution is 2.28. The van der Waals surface area contributed by atoms with Crippen LogP contribution >= 0.6 is 23.2 Å². The molecule has 1 aliphatic heterocycles. The van der Waals surface area contributed by atoms with Gasteiger partial charge in [0.1, 0.15) is 5.82 Å². The van der Waals surface area contributed by atoms with Crippen LogP contribution in [0.1, 0.15) is 48.9 Å². The van der Waals surface area contributed by atoms with Gasteiger partial charge in [0.25, 0.3) is 0 Å². The van der Waals surface area contributed by atoms with Gasteiger partial charge in [-0.25, -0.2) is 4.98 Å². The number of anilines is 1. The molecule has 0 spiro atoms. The molecule has 156 valence electrons. The van der Waals surface area contributed by atoms with E-state index in [1.165, 1.54) is 0 Å². The maximum absolute atomic E-state index is 11.3. The molecule has 7 heteroatoms. The number of nitrogens with zero attached hydrogens (tertiary/aromatic N) is 2. The lowest BCUT2D eigenvalue weighted by Gasteiger charge is -2.31. The Bertz CT molecular complexity index is 875. The van der Waals surface area contributed by atoms with Crippen LogP contribution in [0, 0.1) is 12.8 Å². The minimum absolute atomic E-state index is 0.110. The van der Waals surface area contributed by atoms with Gasteiger partial charge in [-0.3, -0.25) is 9.69 Å². The van der Waals surface area contributed by atoms with Crippen molar-refractivity contribution in [3.63, 3.8) is 0 Å². The van der Waals surface area contributed by atoms with Crippen LogP contribution in [0.5, 0.6) is 0 Å². The molecule has 0 radical (unpaired) electrons. The molecule has 1 aromatic carbocycles. The first kappa shape index (κ1) is 21.9. The zero-order valence-electron chi connectivity index (χ0n) is 16.8. The summed E-state index contributed by atoms with van der Waals surface area (Å²) >= 11 is 12.6. The van der Waals surface area contributed by atoms with Gasteiger partial charge in [0.15, 0.2) is 0 Å². The van der Waals surface area contributed by atoms with Crippen LogP contribution in [-0.2, 0) is 11.3 Å². The van der Waals surface area contributed by atoms with Crippen LogP contribution in [0.4, 0.5) is 5.82 Å². The van der Waals surface area contributed by atoms with Crippen LogP contribution in [0.25, 0.3) is 0 Å². The number of carboxylic acids is 1. The lowest BCUT2D eigenvalue weighted by Crippen LogP contribution is -2.38. The number of aliphatic carboxylic acids is 1. The number of rotatable bonds is 7. The van der Waals surface area contributed by atoms with Crippen molar-refractivity contribution < 1.29 is 9.90 Å². The SMILES string of the molecule is CC[C@@H](Nc1cc(CN2CCC[C@@H](C(=O)O)C2)c(Cl)cn1)c1ccc(Cl)c(C)c1. The van der Waals surface area contributed by atoms with Gasteiger partial charge >= 0.3 is 5.97 Å². The van der Waals surface area contributed by atoms with E-state index in [4.69, 9.17) is 23.2 Å². The summed E-state index contributed by atoms with van der Waals surface area (Å²) in [4.78, 5) is 17.9. The summed E-state index contributed by atoms with van der Waals surface area (Å²) < 4.78 is 0. The number of aryl methyl sites for hydroxylation is 1. The van der Waals surface area contributed by atoms with Gasteiger partial charge in [0.05, 0.1) is 17.0 Å². The van der Waals surface area contributed by atoms with Crippen molar-refractivity contribution in [1.82, 2.24) is 9.88 Å². The van der Waals surface area contributed by atoms with Crippen molar-refractivity contribution in [2.24, 2.45) is 5.92 Å². The maximum Gasteiger partial charge on any atom is 0.307 e. The first-order chi connectivity index (χ1) is 13.9. The van der Waals surface area contributed by atoms with E-state index in [2.05, 4.69) is 28.2 Å². The number of benzene rings is 1. The number of carbonyl (C=O) groups is 1. The fraction of sp³-hybridized carbons (Fsp3) is 0.455. The van der Waals surface area contributed by atoms with Gasteiger partial charge in [0.2, 0.25) is 0 Å². The van der Waals surface area contributed by atoms with Crippen molar-refractivity contribution in [3.05, 3.63) is 57.2 Å². The predicted octanol–water partition coefficient (Wildman–Crippen LogP) is 5.56. The molecule has 0 saturated carbocycles. The minimum atomic E-state index is -0.720. The number of nitrogens with one attached hydrogen (secondary N) is 1. The lowest BCUT2D eigenvalue weighted by molar-refractivity contribution is -0.143. The number of carboxylic acid groups (broad SMARTS) is 1. The van der Waals surface area contributed by atoms with E-state index in [0.717, 1.165) is 53.3 Å². The molecule has 2 heterocycles. The summed E-state index contributed by atoms with van der Waals surface area (Å²) in [7, 11) is 0. The number of piperidine rings is 1. The van der Waals surface area contributed by atoms with E-state index in [1.54, 1.807) is 6.20 Å². The molecule has 3 rings (SSSR count). The standard InChI is InChI=1S/C22H27Cl2N3O2/c1-3-20(15-6-7-18(23)14(2)9-15)26-21-10-17(19(24)11-25-21)13-27-8-4-5-16(12-27)22(28)29/h6-7,9-11,16,20H,3-5,8,12-13H2,1-2H3,(H,25,26)(H,28,29)/t16-,20-/m1/s1. The quantitative estimate of drug-likeness (QED) is 0.595. The summed E-state index contributed by atoms with van der Waals surface area (Å²) in [5, 5.41) is 14.2. The highest BCUT2D eigenvalue weighted by molar-refractivity contribution is 6.31. The van der Waals surface area contributed by atoms with E-state index in [9.17, 15) is 9.90 Å². The average molecular weight is 436 g/mol. The average Bonchev–Trinajstić information content (AvgIpc) is 2.71. The molecule has 1 aliphatic rings. The van der Waals surface area contributed by atoms with E-state index >= 15 is 0 Å². The highest BCUT2D eigenvalue weighted by atomic mass is 35.5. The second kappa shape index (κ2) is 9.79. The molecule has 1 aromatic heterocycles. The lowest BCUT2D eigenvalue weighted by atomic mass is 9.98. The van der Waals surface area contributed by atoms with E-state index in [1.807, 2.05) is 25.1 Å². The summed E-state index contributed by atoms with van der Waals surface area (Å²) in [6, 6.07) is 8.14. The van der Waals surface area contributed by atoms with Crippen LogP contribution in [0.2, 0.25) is 10.0 Å². The van der Waals surface area contributed by atoms with E-state index in [0.29, 0.717) is 18.1 Å². The third kappa shape index (κ3) is 5.62. The summed E-state index contributed by atoms with van der Waals surface area (Å²) in [5.41, 5.74) is 3.16. The number of hydrogen-bond donors (Lipinski definition) is 2. The zero-order valence-corrected chi connectivity index (χ0v) is 18.3. The molecule has 2 N–H and O–H groups in total. The topological polar surface area (TPSA) is 65.5 Å². The molecular formula is C22H27Cl2N3O2. The Morgan fingerprint density at radius 3 is 2.83 bits per heavy atom. The fourth-order valence-corrected chi connectivity index (χ4v) is 4.09. The van der Waals surface area contributed by atoms with Crippen LogP contribution in [0.3, 0.4) is 0 Å². The normalized spacial score (nSPS) is 18.4. The second-order valence-electron chi connectivity index (χ2n) is 7.69. The molecule has 2 atom stereocenters. The molecule has 1 saturated heterocycles. The van der Waals surface area contributed by atoms with Gasteiger partial charge in [-0.1, -0.05) is 42.3 Å². The Kier molecular flexibility index (Phi) is 7.38. The molecule has 1 fully saturated rings. The van der Waals surface area contributed by atoms with Crippen LogP contribution < -0.4 is 5.32 Å². The summed E-state index contributed by atoms with van der Waals surface area (Å²) in [5.74, 6) is -0.267. The molecule has 0 unspecified atom stereocenters. The number of hydrogen-bond acceptors (Lipinski definition) is 4. The van der Waals surface area contributed by atoms with Gasteiger partial charge in [0, 0.05) is 24.3 Å². The monoisotopic (exact) mass is 435 g/mol. The molecule has 5 nitrogen and oxygen atoms in total. The number of aromatic nitrogens is 1. The fourth-order valence-electron chi connectivity index (χ4n) is 3.81. The Morgan fingerprint density at radius 2 is 2.14 bits per heavy atom. The van der Waals surface area contributed by atoms with Crippen molar-refractivity contribution in [2.45, 2.75) is 45.7 Å². The Labute approximate surface area is 182 Å². The Hall–Kier alpha value is -1.82. The van der Waals surface area contributed by atoms with Crippen LogP contribution in [-0.4, -0.2) is 34.0 Å². The van der Waals surface area contributed by atoms with Crippen molar-refractivity contribution >= 4 is 35.0 Å². The third-order valence-corrected chi connectivity index (χ3v) is 6.26. The minimum Gasteiger partial charge on any atom is -0.481 e. The Morgan fingerprint density at radius 1 is 1.34 bits per heavy atom. The molecular weight excluding hydrogens is 409 g/mol. The number of halogens is 2. The second-order valence-corrected chi connectivity index (χ2v) is 8.50. The van der Waals surface area contributed by atoms with Crippen LogP contribution in [0.15, 0.2) is 30.5 Å². The predicted molar refractivity (Wildman–Crippen MR) is 118 cm³/mol. The van der Waals surface area contributed by atoms with Gasteiger partial charge in [-0.15, -0.1) is 0 Å². The molecule has 0 bridgehead atoms. The van der Waals surface area contributed by atoms with Crippen molar-refractivity contribution in [3.8, 4) is 0 Å². The smallest absolute Gasteiger partial charge is 0.307 e. The Balaban J connectivity index is 1.74. The third-order valence-electron chi connectivity index (χ3n) is 5.50. The van der Waals surface area contributed by atoms with E-state index in [-0.39, 0.29) is 12.0 Å². The highest BCUT2D eigenvalue weighted by Gasteiger charge is 2.25. The molecule has 29 heavy (non-hydrogen) atoms. The maximum atomic E-state index is 11.3. The molecule has 0 amide bonds. The van der Waals surface area contributed by atoms with Gasteiger partial charge < -0.3 is 10.4 Å². The largest absolute Gasteiger partial charge is 0.481 e. The van der Waals surface area contributed by atoms with Gasteiger partial charge in [-0.05, 0) is 61.6 Å². The number of pyridine rings is 1. The molecule has 0 aliphatic carbocycles. The molecule has 2 aromatic rings.